The van der Waals surface area contributed by atoms with Gasteiger partial charge in [0, 0.05) is 6.42 Å². The van der Waals surface area contributed by atoms with Gasteiger partial charge >= 0.3 is 0 Å². The molecule has 0 saturated carbocycles. The normalized spacial score (nSPS) is 11.1. The van der Waals surface area contributed by atoms with E-state index in [1.807, 2.05) is 37.3 Å². The number of aryl methyl sites for hydroxylation is 2. The number of ether oxygens (including phenoxy) is 1. The van der Waals surface area contributed by atoms with E-state index < -0.39 is 15.9 Å². The van der Waals surface area contributed by atoms with E-state index >= 15 is 0 Å². The molecule has 0 N–H and O–H groups in total. The standard InChI is InChI=1S/C23H23NO4S/c1-18-8-15-22(16-9-18)29(26,27)24(20-11-13-21(28-2)14-12-20)23(25)17-10-19-6-4-3-5-7-19/h3-9,11-16H,10,17H2,1-2H3. The molecule has 1 amide bonds. The molecule has 0 spiro atoms. The molecule has 0 bridgehead atoms. The highest BCUT2D eigenvalue weighted by atomic mass is 32.2. The second-order valence-electron chi connectivity index (χ2n) is 6.66. The van der Waals surface area contributed by atoms with E-state index in [2.05, 4.69) is 0 Å². The van der Waals surface area contributed by atoms with E-state index in [0.29, 0.717) is 12.2 Å². The third-order valence-corrected chi connectivity index (χ3v) is 6.33. The van der Waals surface area contributed by atoms with Gasteiger partial charge in [0.1, 0.15) is 5.75 Å². The van der Waals surface area contributed by atoms with Crippen LogP contribution in [0.3, 0.4) is 0 Å². The minimum absolute atomic E-state index is 0.0706. The molecule has 3 aromatic carbocycles. The lowest BCUT2D eigenvalue weighted by molar-refractivity contribution is -0.117. The van der Waals surface area contributed by atoms with Crippen molar-refractivity contribution >= 4 is 21.6 Å². The van der Waals surface area contributed by atoms with Crippen molar-refractivity contribution in [3.05, 3.63) is 90.0 Å². The predicted octanol–water partition coefficient (Wildman–Crippen LogP) is 4.36. The van der Waals surface area contributed by atoms with E-state index in [9.17, 15) is 13.2 Å². The molecule has 0 aliphatic rings. The molecule has 0 aliphatic heterocycles. The third-order valence-electron chi connectivity index (χ3n) is 4.56. The fourth-order valence-corrected chi connectivity index (χ4v) is 4.40. The Hall–Kier alpha value is -3.12. The van der Waals surface area contributed by atoms with Gasteiger partial charge in [0.05, 0.1) is 17.7 Å². The Morgan fingerprint density at radius 1 is 0.897 bits per heavy atom. The van der Waals surface area contributed by atoms with Crippen LogP contribution in [0.2, 0.25) is 0 Å². The molecule has 0 fully saturated rings. The number of nitrogens with zero attached hydrogens (tertiary/aromatic N) is 1. The predicted molar refractivity (Wildman–Crippen MR) is 114 cm³/mol. The molecule has 150 valence electrons. The van der Waals surface area contributed by atoms with Crippen LogP contribution in [-0.2, 0) is 21.2 Å². The maximum atomic E-state index is 13.3. The zero-order chi connectivity index (χ0) is 20.9. The van der Waals surface area contributed by atoms with E-state index in [4.69, 9.17) is 4.74 Å². The van der Waals surface area contributed by atoms with Crippen LogP contribution in [0.25, 0.3) is 0 Å². The van der Waals surface area contributed by atoms with Crippen LogP contribution in [0.15, 0.2) is 83.8 Å². The molecular weight excluding hydrogens is 386 g/mol. The molecule has 29 heavy (non-hydrogen) atoms. The maximum absolute atomic E-state index is 13.3. The van der Waals surface area contributed by atoms with Crippen LogP contribution in [-0.4, -0.2) is 21.4 Å². The monoisotopic (exact) mass is 409 g/mol. The first-order chi connectivity index (χ1) is 13.9. The van der Waals surface area contributed by atoms with Crippen LogP contribution < -0.4 is 9.04 Å². The Labute approximate surface area is 171 Å². The number of hydrogen-bond donors (Lipinski definition) is 0. The number of anilines is 1. The first kappa shape index (κ1) is 20.6. The highest BCUT2D eigenvalue weighted by Gasteiger charge is 2.30. The van der Waals surface area contributed by atoms with Crippen molar-refractivity contribution in [2.75, 3.05) is 11.4 Å². The van der Waals surface area contributed by atoms with Crippen molar-refractivity contribution in [2.45, 2.75) is 24.7 Å². The second kappa shape index (κ2) is 8.92. The average Bonchev–Trinajstić information content (AvgIpc) is 2.74. The number of carbonyl (C=O) groups is 1. The Morgan fingerprint density at radius 2 is 1.52 bits per heavy atom. The zero-order valence-electron chi connectivity index (χ0n) is 16.4. The largest absolute Gasteiger partial charge is 0.497 e. The van der Waals surface area contributed by atoms with Crippen molar-refractivity contribution in [3.8, 4) is 5.75 Å². The number of benzene rings is 3. The number of methoxy groups -OCH3 is 1. The lowest BCUT2D eigenvalue weighted by Crippen LogP contribution is -2.37. The first-order valence-electron chi connectivity index (χ1n) is 9.24. The quantitative estimate of drug-likeness (QED) is 0.582. The number of amides is 1. The topological polar surface area (TPSA) is 63.7 Å². The summed E-state index contributed by atoms with van der Waals surface area (Å²) in [6.07, 6.45) is 0.525. The lowest BCUT2D eigenvalue weighted by atomic mass is 10.1. The molecule has 3 rings (SSSR count). The van der Waals surface area contributed by atoms with Crippen LogP contribution >= 0.6 is 0 Å². The number of carbonyl (C=O) groups excluding carboxylic acids is 1. The summed E-state index contributed by atoms with van der Waals surface area (Å²) in [6.45, 7) is 1.88. The molecule has 0 saturated heterocycles. The molecule has 3 aromatic rings. The number of rotatable bonds is 7. The van der Waals surface area contributed by atoms with Gasteiger partial charge in [-0.25, -0.2) is 12.7 Å². The van der Waals surface area contributed by atoms with Gasteiger partial charge in [0.2, 0.25) is 5.91 Å². The van der Waals surface area contributed by atoms with Crippen molar-refractivity contribution in [1.82, 2.24) is 0 Å². The van der Waals surface area contributed by atoms with Crippen molar-refractivity contribution in [3.63, 3.8) is 0 Å². The van der Waals surface area contributed by atoms with E-state index in [0.717, 1.165) is 15.4 Å². The Kier molecular flexibility index (Phi) is 6.34. The fraction of sp³-hybridized carbons (Fsp3) is 0.174. The Balaban J connectivity index is 1.96. The van der Waals surface area contributed by atoms with E-state index in [-0.39, 0.29) is 17.0 Å². The summed E-state index contributed by atoms with van der Waals surface area (Å²) in [7, 11) is -2.52. The molecule has 0 radical (unpaired) electrons. The van der Waals surface area contributed by atoms with Gasteiger partial charge in [-0.2, -0.15) is 0 Å². The summed E-state index contributed by atoms with van der Waals surface area (Å²) < 4.78 is 32.7. The summed E-state index contributed by atoms with van der Waals surface area (Å²) in [5.74, 6) is 0.0952. The van der Waals surface area contributed by atoms with Gasteiger partial charge in [-0.1, -0.05) is 48.0 Å². The SMILES string of the molecule is COc1ccc(N(C(=O)CCc2ccccc2)S(=O)(=O)c2ccc(C)cc2)cc1. The smallest absolute Gasteiger partial charge is 0.270 e. The van der Waals surface area contributed by atoms with Crippen molar-refractivity contribution in [2.24, 2.45) is 0 Å². The van der Waals surface area contributed by atoms with Crippen LogP contribution in [0.5, 0.6) is 5.75 Å². The van der Waals surface area contributed by atoms with Crippen molar-refractivity contribution in [1.29, 1.82) is 0 Å². The minimum Gasteiger partial charge on any atom is -0.497 e. The van der Waals surface area contributed by atoms with Gasteiger partial charge in [0.25, 0.3) is 10.0 Å². The molecule has 0 atom stereocenters. The average molecular weight is 410 g/mol. The van der Waals surface area contributed by atoms with Crippen LogP contribution in [0.4, 0.5) is 5.69 Å². The van der Waals surface area contributed by atoms with Crippen molar-refractivity contribution < 1.29 is 17.9 Å². The fourth-order valence-electron chi connectivity index (χ4n) is 2.95. The molecular formula is C23H23NO4S. The summed E-state index contributed by atoms with van der Waals surface area (Å²) in [6, 6.07) is 22.4. The second-order valence-corrected chi connectivity index (χ2v) is 8.45. The molecule has 0 aliphatic carbocycles. The number of hydrogen-bond acceptors (Lipinski definition) is 4. The lowest BCUT2D eigenvalue weighted by Gasteiger charge is -2.23. The summed E-state index contributed by atoms with van der Waals surface area (Å²) >= 11 is 0. The summed E-state index contributed by atoms with van der Waals surface area (Å²) in [4.78, 5) is 13.1. The molecule has 0 unspecified atom stereocenters. The Bertz CT molecular complexity index is 1060. The molecule has 0 heterocycles. The maximum Gasteiger partial charge on any atom is 0.270 e. The van der Waals surface area contributed by atoms with Crippen LogP contribution in [0.1, 0.15) is 17.5 Å². The van der Waals surface area contributed by atoms with Gasteiger partial charge in [-0.05, 0) is 55.3 Å². The van der Waals surface area contributed by atoms with Gasteiger partial charge < -0.3 is 4.74 Å². The first-order valence-corrected chi connectivity index (χ1v) is 10.7. The molecule has 5 nitrogen and oxygen atoms in total. The summed E-state index contributed by atoms with van der Waals surface area (Å²) in [5, 5.41) is 0. The Morgan fingerprint density at radius 3 is 2.10 bits per heavy atom. The minimum atomic E-state index is -4.05. The van der Waals surface area contributed by atoms with Gasteiger partial charge in [-0.3, -0.25) is 4.79 Å². The number of sulfonamides is 1. The van der Waals surface area contributed by atoms with Crippen LogP contribution in [0, 0.1) is 6.92 Å². The van der Waals surface area contributed by atoms with E-state index in [1.165, 1.54) is 19.2 Å². The highest BCUT2D eigenvalue weighted by Crippen LogP contribution is 2.27. The third kappa shape index (κ3) is 4.84. The van der Waals surface area contributed by atoms with Gasteiger partial charge in [0.15, 0.2) is 0 Å². The highest BCUT2D eigenvalue weighted by molar-refractivity contribution is 7.93. The summed E-state index contributed by atoms with van der Waals surface area (Å²) in [5.41, 5.74) is 2.20. The zero-order valence-corrected chi connectivity index (χ0v) is 17.2. The van der Waals surface area contributed by atoms with Gasteiger partial charge in [-0.15, -0.1) is 0 Å². The van der Waals surface area contributed by atoms with E-state index in [1.54, 1.807) is 36.4 Å². The molecule has 6 heteroatoms. The molecule has 0 aromatic heterocycles.